The van der Waals surface area contributed by atoms with Gasteiger partial charge in [-0.2, -0.15) is 0 Å². The van der Waals surface area contributed by atoms with Crippen molar-refractivity contribution in [3.8, 4) is 0 Å². The van der Waals surface area contributed by atoms with Gasteiger partial charge in [0.05, 0.1) is 15.5 Å². The molecule has 0 bridgehead atoms. The molecule has 0 spiro atoms. The molecule has 0 radical (unpaired) electrons. The number of hydrogen-bond donors (Lipinski definition) is 1. The smallest absolute Gasteiger partial charge is 0.270 e. The molecule has 1 aliphatic rings. The molecule has 7 nitrogen and oxygen atoms in total. The molecule has 0 aliphatic carbocycles. The molecule has 1 fully saturated rings. The third-order valence-corrected chi connectivity index (χ3v) is 5.15. The van der Waals surface area contributed by atoms with Crippen LogP contribution in [-0.2, 0) is 6.54 Å². The Balaban J connectivity index is 1.40. The van der Waals surface area contributed by atoms with Gasteiger partial charge >= 0.3 is 0 Å². The maximum Gasteiger partial charge on any atom is 0.270 e. The first-order valence-electron chi connectivity index (χ1n) is 9.24. The van der Waals surface area contributed by atoms with E-state index in [-0.39, 0.29) is 22.2 Å². The standard InChI is InChI=1S/C20H23ClN4O3/c21-19-14-17(25(27)28)6-7-18(19)20(26)22-8-9-23-10-12-24(13-11-23)15-16-4-2-1-3-5-16/h1-7,14H,8-13,15H2,(H,22,26). The van der Waals surface area contributed by atoms with Gasteiger partial charge in [0, 0.05) is 57.9 Å². The number of piperazine rings is 1. The quantitative estimate of drug-likeness (QED) is 0.569. The van der Waals surface area contributed by atoms with Gasteiger partial charge in [-0.25, -0.2) is 0 Å². The van der Waals surface area contributed by atoms with Gasteiger partial charge in [-0.05, 0) is 11.6 Å². The van der Waals surface area contributed by atoms with Gasteiger partial charge in [-0.1, -0.05) is 41.9 Å². The maximum atomic E-state index is 12.3. The van der Waals surface area contributed by atoms with Gasteiger partial charge in [0.25, 0.3) is 11.6 Å². The zero-order valence-corrected chi connectivity index (χ0v) is 16.3. The summed E-state index contributed by atoms with van der Waals surface area (Å²) in [6, 6.07) is 14.3. The van der Waals surface area contributed by atoms with Crippen LogP contribution in [0.4, 0.5) is 5.69 Å². The summed E-state index contributed by atoms with van der Waals surface area (Å²) in [7, 11) is 0. The van der Waals surface area contributed by atoms with Crippen molar-refractivity contribution in [1.29, 1.82) is 0 Å². The topological polar surface area (TPSA) is 78.7 Å². The summed E-state index contributed by atoms with van der Waals surface area (Å²) >= 11 is 6.00. The number of amides is 1. The summed E-state index contributed by atoms with van der Waals surface area (Å²) in [4.78, 5) is 27.2. The van der Waals surface area contributed by atoms with Gasteiger partial charge in [0.2, 0.25) is 0 Å². The Morgan fingerprint density at radius 3 is 2.39 bits per heavy atom. The number of halogens is 1. The molecule has 0 saturated carbocycles. The van der Waals surface area contributed by atoms with Crippen LogP contribution < -0.4 is 5.32 Å². The van der Waals surface area contributed by atoms with Gasteiger partial charge in [-0.3, -0.25) is 24.7 Å². The molecule has 3 rings (SSSR count). The predicted molar refractivity (Wildman–Crippen MR) is 109 cm³/mol. The van der Waals surface area contributed by atoms with E-state index in [1.54, 1.807) is 0 Å². The molecular formula is C20H23ClN4O3. The Morgan fingerprint density at radius 2 is 1.75 bits per heavy atom. The van der Waals surface area contributed by atoms with Crippen molar-refractivity contribution < 1.29 is 9.72 Å². The number of hydrogen-bond acceptors (Lipinski definition) is 5. The summed E-state index contributed by atoms with van der Waals surface area (Å²) < 4.78 is 0. The molecule has 0 unspecified atom stereocenters. The molecule has 28 heavy (non-hydrogen) atoms. The fourth-order valence-corrected chi connectivity index (χ4v) is 3.50. The van der Waals surface area contributed by atoms with E-state index in [0.717, 1.165) is 39.3 Å². The SMILES string of the molecule is O=C(NCCN1CCN(Cc2ccccc2)CC1)c1ccc([N+](=O)[O-])cc1Cl. The van der Waals surface area contributed by atoms with Crippen LogP contribution in [0.5, 0.6) is 0 Å². The Morgan fingerprint density at radius 1 is 1.07 bits per heavy atom. The lowest BCUT2D eigenvalue weighted by Crippen LogP contribution is -2.48. The van der Waals surface area contributed by atoms with Crippen LogP contribution in [0.1, 0.15) is 15.9 Å². The number of non-ortho nitro benzene ring substituents is 1. The molecule has 1 heterocycles. The van der Waals surface area contributed by atoms with Crippen LogP contribution in [0.15, 0.2) is 48.5 Å². The summed E-state index contributed by atoms with van der Waals surface area (Å²) in [6.45, 7) is 6.14. The van der Waals surface area contributed by atoms with Crippen molar-refractivity contribution in [2.75, 3.05) is 39.3 Å². The highest BCUT2D eigenvalue weighted by atomic mass is 35.5. The molecule has 0 aromatic heterocycles. The summed E-state index contributed by atoms with van der Waals surface area (Å²) in [5, 5.41) is 13.7. The van der Waals surface area contributed by atoms with Crippen LogP contribution in [0.2, 0.25) is 5.02 Å². The highest BCUT2D eigenvalue weighted by Crippen LogP contribution is 2.22. The van der Waals surface area contributed by atoms with Crippen molar-refractivity contribution in [1.82, 2.24) is 15.1 Å². The molecule has 8 heteroatoms. The molecule has 2 aromatic rings. The van der Waals surface area contributed by atoms with E-state index in [0.29, 0.717) is 6.54 Å². The molecule has 1 amide bonds. The van der Waals surface area contributed by atoms with E-state index in [4.69, 9.17) is 11.6 Å². The second kappa shape index (κ2) is 9.64. The molecule has 1 saturated heterocycles. The number of nitrogens with one attached hydrogen (secondary N) is 1. The van der Waals surface area contributed by atoms with Gasteiger partial charge < -0.3 is 5.32 Å². The highest BCUT2D eigenvalue weighted by molar-refractivity contribution is 6.34. The minimum atomic E-state index is -0.537. The van der Waals surface area contributed by atoms with Crippen molar-refractivity contribution in [2.24, 2.45) is 0 Å². The van der Waals surface area contributed by atoms with Gasteiger partial charge in [0.15, 0.2) is 0 Å². The van der Waals surface area contributed by atoms with Crippen LogP contribution in [0.3, 0.4) is 0 Å². The number of benzene rings is 2. The second-order valence-corrected chi connectivity index (χ2v) is 7.19. The lowest BCUT2D eigenvalue weighted by Gasteiger charge is -2.34. The lowest BCUT2D eigenvalue weighted by atomic mass is 10.2. The molecule has 2 aromatic carbocycles. The number of carbonyl (C=O) groups is 1. The summed E-state index contributed by atoms with van der Waals surface area (Å²) in [5.41, 5.74) is 1.44. The number of carbonyl (C=O) groups excluding carboxylic acids is 1. The number of nitro groups is 1. The zero-order valence-electron chi connectivity index (χ0n) is 15.5. The lowest BCUT2D eigenvalue weighted by molar-refractivity contribution is -0.384. The van der Waals surface area contributed by atoms with Gasteiger partial charge in [0.1, 0.15) is 0 Å². The zero-order chi connectivity index (χ0) is 19.9. The third-order valence-electron chi connectivity index (χ3n) is 4.84. The Hall–Kier alpha value is -2.48. The van der Waals surface area contributed by atoms with E-state index in [2.05, 4.69) is 39.4 Å². The highest BCUT2D eigenvalue weighted by Gasteiger charge is 2.18. The molecule has 0 atom stereocenters. The van der Waals surface area contributed by atoms with Crippen molar-refractivity contribution in [3.05, 3.63) is 74.8 Å². The number of nitrogens with zero attached hydrogens (tertiary/aromatic N) is 3. The normalized spacial score (nSPS) is 15.3. The van der Waals surface area contributed by atoms with Crippen LogP contribution in [0.25, 0.3) is 0 Å². The summed E-state index contributed by atoms with van der Waals surface area (Å²) in [5.74, 6) is -0.317. The minimum Gasteiger partial charge on any atom is -0.351 e. The first-order valence-corrected chi connectivity index (χ1v) is 9.61. The first-order chi connectivity index (χ1) is 13.5. The largest absolute Gasteiger partial charge is 0.351 e. The van der Waals surface area contributed by atoms with Crippen molar-refractivity contribution >= 4 is 23.2 Å². The fraction of sp³-hybridized carbons (Fsp3) is 0.350. The number of rotatable bonds is 7. The Labute approximate surface area is 169 Å². The Bertz CT molecular complexity index is 823. The molecular weight excluding hydrogens is 380 g/mol. The number of nitro benzene ring substituents is 1. The summed E-state index contributed by atoms with van der Waals surface area (Å²) in [6.07, 6.45) is 0. The van der Waals surface area contributed by atoms with E-state index in [1.165, 1.54) is 23.8 Å². The molecule has 1 N–H and O–H groups in total. The third kappa shape index (κ3) is 5.51. The second-order valence-electron chi connectivity index (χ2n) is 6.78. The fourth-order valence-electron chi connectivity index (χ4n) is 3.24. The Kier molecular flexibility index (Phi) is 6.97. The van der Waals surface area contributed by atoms with E-state index >= 15 is 0 Å². The van der Waals surface area contributed by atoms with Crippen molar-refractivity contribution in [2.45, 2.75) is 6.54 Å². The molecule has 148 valence electrons. The van der Waals surface area contributed by atoms with E-state index in [1.807, 2.05) is 6.07 Å². The van der Waals surface area contributed by atoms with Crippen LogP contribution in [-0.4, -0.2) is 59.9 Å². The monoisotopic (exact) mass is 402 g/mol. The maximum absolute atomic E-state index is 12.3. The molecule has 1 aliphatic heterocycles. The van der Waals surface area contributed by atoms with Crippen molar-refractivity contribution in [3.63, 3.8) is 0 Å². The van der Waals surface area contributed by atoms with Crippen LogP contribution in [0, 0.1) is 10.1 Å². The van der Waals surface area contributed by atoms with Gasteiger partial charge in [-0.15, -0.1) is 0 Å². The van der Waals surface area contributed by atoms with Crippen LogP contribution >= 0.6 is 11.6 Å². The average molecular weight is 403 g/mol. The van der Waals surface area contributed by atoms with E-state index in [9.17, 15) is 14.9 Å². The first kappa shape index (κ1) is 20.3. The predicted octanol–water partition coefficient (Wildman–Crippen LogP) is 2.80. The van der Waals surface area contributed by atoms with E-state index < -0.39 is 4.92 Å². The average Bonchev–Trinajstić information content (AvgIpc) is 2.70. The minimum absolute atomic E-state index is 0.0845.